The van der Waals surface area contributed by atoms with Gasteiger partial charge in [-0.2, -0.15) is 0 Å². The standard InChI is InChI=1S/C8H13BrN2S/c1-5(2)3-6-8(9)11-7(4-10)12-6/h5H,3-4,10H2,1-2H3. The molecular weight excluding hydrogens is 236 g/mol. The fourth-order valence-electron chi connectivity index (χ4n) is 0.963. The summed E-state index contributed by atoms with van der Waals surface area (Å²) in [4.78, 5) is 5.60. The highest BCUT2D eigenvalue weighted by Crippen LogP contribution is 2.25. The highest BCUT2D eigenvalue weighted by atomic mass is 79.9. The Morgan fingerprint density at radius 1 is 1.58 bits per heavy atom. The molecule has 2 N–H and O–H groups in total. The van der Waals surface area contributed by atoms with Gasteiger partial charge < -0.3 is 5.73 Å². The maximum absolute atomic E-state index is 5.49. The van der Waals surface area contributed by atoms with Crippen LogP contribution in [0.1, 0.15) is 23.7 Å². The largest absolute Gasteiger partial charge is 0.325 e. The van der Waals surface area contributed by atoms with Gasteiger partial charge in [-0.1, -0.05) is 13.8 Å². The molecular formula is C8H13BrN2S. The fourth-order valence-corrected chi connectivity index (χ4v) is 2.75. The van der Waals surface area contributed by atoms with E-state index in [-0.39, 0.29) is 0 Å². The molecule has 0 saturated carbocycles. The van der Waals surface area contributed by atoms with Crippen LogP contribution in [0.2, 0.25) is 0 Å². The number of hydrogen-bond donors (Lipinski definition) is 1. The van der Waals surface area contributed by atoms with Gasteiger partial charge >= 0.3 is 0 Å². The third kappa shape index (κ3) is 2.54. The second-order valence-electron chi connectivity index (χ2n) is 3.12. The molecule has 0 radical (unpaired) electrons. The van der Waals surface area contributed by atoms with E-state index in [2.05, 4.69) is 34.8 Å². The molecule has 4 heteroatoms. The number of nitrogens with zero attached hydrogens (tertiary/aromatic N) is 1. The molecule has 0 aliphatic heterocycles. The minimum absolute atomic E-state index is 0.543. The van der Waals surface area contributed by atoms with Gasteiger partial charge in [0.15, 0.2) is 0 Å². The van der Waals surface area contributed by atoms with Crippen LogP contribution >= 0.6 is 27.3 Å². The molecule has 0 atom stereocenters. The Kier molecular flexibility index (Phi) is 3.68. The summed E-state index contributed by atoms with van der Waals surface area (Å²) in [6.45, 7) is 4.95. The van der Waals surface area contributed by atoms with Crippen molar-refractivity contribution >= 4 is 27.3 Å². The van der Waals surface area contributed by atoms with Crippen LogP contribution in [0.15, 0.2) is 4.60 Å². The summed E-state index contributed by atoms with van der Waals surface area (Å²) in [6, 6.07) is 0. The van der Waals surface area contributed by atoms with Crippen LogP contribution < -0.4 is 5.73 Å². The molecule has 1 rings (SSSR count). The van der Waals surface area contributed by atoms with E-state index in [4.69, 9.17) is 5.73 Å². The van der Waals surface area contributed by atoms with Crippen LogP contribution in [0.3, 0.4) is 0 Å². The molecule has 0 aromatic carbocycles. The number of halogens is 1. The van der Waals surface area contributed by atoms with Crippen molar-refractivity contribution in [3.05, 3.63) is 14.5 Å². The van der Waals surface area contributed by atoms with Crippen LogP contribution in [0.4, 0.5) is 0 Å². The van der Waals surface area contributed by atoms with E-state index >= 15 is 0 Å². The molecule has 0 amide bonds. The monoisotopic (exact) mass is 248 g/mol. The molecule has 1 aromatic rings. The number of nitrogens with two attached hydrogens (primary N) is 1. The molecule has 0 saturated heterocycles. The van der Waals surface area contributed by atoms with E-state index in [9.17, 15) is 0 Å². The van der Waals surface area contributed by atoms with Gasteiger partial charge in [-0.25, -0.2) is 4.98 Å². The Bertz CT molecular complexity index is 258. The van der Waals surface area contributed by atoms with Gasteiger partial charge in [0.25, 0.3) is 0 Å². The van der Waals surface area contributed by atoms with Gasteiger partial charge in [-0.05, 0) is 28.3 Å². The lowest BCUT2D eigenvalue weighted by Crippen LogP contribution is -1.93. The Morgan fingerprint density at radius 3 is 2.67 bits per heavy atom. The number of aromatic nitrogens is 1. The smallest absolute Gasteiger partial charge is 0.120 e. The van der Waals surface area contributed by atoms with Crippen molar-refractivity contribution in [1.29, 1.82) is 0 Å². The summed E-state index contributed by atoms with van der Waals surface area (Å²) in [7, 11) is 0. The van der Waals surface area contributed by atoms with E-state index in [0.717, 1.165) is 16.0 Å². The van der Waals surface area contributed by atoms with Crippen molar-refractivity contribution in [2.24, 2.45) is 11.7 Å². The van der Waals surface area contributed by atoms with E-state index in [1.54, 1.807) is 11.3 Å². The molecule has 0 aliphatic carbocycles. The molecule has 0 bridgehead atoms. The quantitative estimate of drug-likeness (QED) is 0.894. The summed E-state index contributed by atoms with van der Waals surface area (Å²) in [5.74, 6) is 0.673. The molecule has 0 spiro atoms. The van der Waals surface area contributed by atoms with E-state index in [0.29, 0.717) is 12.5 Å². The SMILES string of the molecule is CC(C)Cc1sc(CN)nc1Br. The van der Waals surface area contributed by atoms with Crippen molar-refractivity contribution < 1.29 is 0 Å². The third-order valence-electron chi connectivity index (χ3n) is 1.46. The van der Waals surface area contributed by atoms with Gasteiger partial charge in [0.2, 0.25) is 0 Å². The molecule has 1 heterocycles. The van der Waals surface area contributed by atoms with E-state index in [1.807, 2.05) is 0 Å². The molecule has 0 fully saturated rings. The van der Waals surface area contributed by atoms with Crippen LogP contribution in [0.25, 0.3) is 0 Å². The first-order valence-electron chi connectivity index (χ1n) is 3.97. The molecule has 2 nitrogen and oxygen atoms in total. The lowest BCUT2D eigenvalue weighted by atomic mass is 10.1. The zero-order chi connectivity index (χ0) is 9.14. The van der Waals surface area contributed by atoms with Gasteiger partial charge in [0, 0.05) is 11.4 Å². The maximum atomic E-state index is 5.49. The molecule has 68 valence electrons. The highest BCUT2D eigenvalue weighted by Gasteiger charge is 2.08. The van der Waals surface area contributed by atoms with Crippen LogP contribution in [0, 0.1) is 5.92 Å². The second-order valence-corrected chi connectivity index (χ2v) is 5.04. The molecule has 0 unspecified atom stereocenters. The van der Waals surface area contributed by atoms with E-state index in [1.165, 1.54) is 4.88 Å². The molecule has 12 heavy (non-hydrogen) atoms. The van der Waals surface area contributed by atoms with Crippen molar-refractivity contribution in [3.8, 4) is 0 Å². The highest BCUT2D eigenvalue weighted by molar-refractivity contribution is 9.10. The van der Waals surface area contributed by atoms with Crippen LogP contribution in [0.5, 0.6) is 0 Å². The average Bonchev–Trinajstić information content (AvgIpc) is 2.31. The normalized spacial score (nSPS) is 11.1. The Hall–Kier alpha value is 0.0700. The summed E-state index contributed by atoms with van der Waals surface area (Å²) in [5.41, 5.74) is 5.49. The van der Waals surface area contributed by atoms with Gasteiger partial charge in [0.05, 0.1) is 0 Å². The summed E-state index contributed by atoms with van der Waals surface area (Å²) in [5, 5.41) is 1.01. The lowest BCUT2D eigenvalue weighted by molar-refractivity contribution is 0.651. The average molecular weight is 249 g/mol. The van der Waals surface area contributed by atoms with Crippen LogP contribution in [-0.4, -0.2) is 4.98 Å². The van der Waals surface area contributed by atoms with Crippen molar-refractivity contribution in [2.75, 3.05) is 0 Å². The number of rotatable bonds is 3. The Balaban J connectivity index is 2.77. The Morgan fingerprint density at radius 2 is 2.25 bits per heavy atom. The lowest BCUT2D eigenvalue weighted by Gasteiger charge is -1.99. The zero-order valence-electron chi connectivity index (χ0n) is 7.30. The minimum atomic E-state index is 0.543. The zero-order valence-corrected chi connectivity index (χ0v) is 9.70. The van der Waals surface area contributed by atoms with Gasteiger partial charge in [-0.15, -0.1) is 11.3 Å². The summed E-state index contributed by atoms with van der Waals surface area (Å²) in [6.07, 6.45) is 1.08. The van der Waals surface area contributed by atoms with E-state index < -0.39 is 0 Å². The predicted molar refractivity (Wildman–Crippen MR) is 56.2 cm³/mol. The molecule has 0 aliphatic rings. The summed E-state index contributed by atoms with van der Waals surface area (Å²) >= 11 is 5.14. The third-order valence-corrected chi connectivity index (χ3v) is 3.48. The topological polar surface area (TPSA) is 38.9 Å². The maximum Gasteiger partial charge on any atom is 0.120 e. The second kappa shape index (κ2) is 4.35. The minimum Gasteiger partial charge on any atom is -0.325 e. The summed E-state index contributed by atoms with van der Waals surface area (Å²) < 4.78 is 0.974. The first-order chi connectivity index (χ1) is 5.63. The fraction of sp³-hybridized carbons (Fsp3) is 0.625. The van der Waals surface area contributed by atoms with Crippen molar-refractivity contribution in [3.63, 3.8) is 0 Å². The first-order valence-corrected chi connectivity index (χ1v) is 5.58. The molecule has 1 aromatic heterocycles. The predicted octanol–water partition coefficient (Wildman–Crippen LogP) is 2.56. The Labute approximate surface area is 85.3 Å². The first kappa shape index (κ1) is 10.2. The van der Waals surface area contributed by atoms with Crippen molar-refractivity contribution in [1.82, 2.24) is 4.98 Å². The van der Waals surface area contributed by atoms with Gasteiger partial charge in [-0.3, -0.25) is 0 Å². The van der Waals surface area contributed by atoms with Gasteiger partial charge in [0.1, 0.15) is 9.61 Å². The van der Waals surface area contributed by atoms with Crippen LogP contribution in [-0.2, 0) is 13.0 Å². The number of hydrogen-bond acceptors (Lipinski definition) is 3. The van der Waals surface area contributed by atoms with Crippen molar-refractivity contribution in [2.45, 2.75) is 26.8 Å². The number of thiazole rings is 1.